The minimum absolute atomic E-state index is 0.132. The Morgan fingerprint density at radius 3 is 2.82 bits per heavy atom. The van der Waals surface area contributed by atoms with Crippen LogP contribution in [-0.2, 0) is 10.0 Å². The number of nitrogens with zero attached hydrogens (tertiary/aromatic N) is 2. The number of thiazole rings is 1. The van der Waals surface area contributed by atoms with Crippen LogP contribution in [0.4, 0.5) is 0 Å². The molecule has 1 aromatic carbocycles. The smallest absolute Gasteiger partial charge is 0.273 e. The number of carbonyl (C=O) groups excluding carboxylic acids is 1. The van der Waals surface area contributed by atoms with E-state index in [1.54, 1.807) is 23.7 Å². The van der Waals surface area contributed by atoms with E-state index in [2.05, 4.69) is 4.98 Å². The standard InChI is InChI=1S/C14H14N2O4S2/c1-10(17)11-3-2-4-13(7-11)22(18,19)16-8-12(9-16)20-14-15-5-6-21-14/h2-7,12H,8-9H2,1H3. The molecule has 0 N–H and O–H groups in total. The number of carbonyl (C=O) groups is 1. The highest BCUT2D eigenvalue weighted by Crippen LogP contribution is 2.26. The lowest BCUT2D eigenvalue weighted by Crippen LogP contribution is -2.55. The molecule has 2 heterocycles. The molecule has 0 saturated carbocycles. The molecule has 0 amide bonds. The van der Waals surface area contributed by atoms with E-state index in [4.69, 9.17) is 4.74 Å². The Hall–Kier alpha value is -1.77. The van der Waals surface area contributed by atoms with E-state index < -0.39 is 10.0 Å². The predicted molar refractivity (Wildman–Crippen MR) is 81.7 cm³/mol. The summed E-state index contributed by atoms with van der Waals surface area (Å²) in [6.07, 6.45) is 1.46. The zero-order valence-corrected chi connectivity index (χ0v) is 13.4. The number of hydrogen-bond acceptors (Lipinski definition) is 6. The second-order valence-electron chi connectivity index (χ2n) is 4.94. The van der Waals surface area contributed by atoms with Crippen molar-refractivity contribution in [2.24, 2.45) is 0 Å². The van der Waals surface area contributed by atoms with Gasteiger partial charge in [-0.1, -0.05) is 23.5 Å². The first-order valence-electron chi connectivity index (χ1n) is 6.64. The molecule has 6 nitrogen and oxygen atoms in total. The summed E-state index contributed by atoms with van der Waals surface area (Å²) in [5.74, 6) is -0.161. The molecule has 0 spiro atoms. The fraction of sp³-hybridized carbons (Fsp3) is 0.286. The maximum Gasteiger partial charge on any atom is 0.273 e. The zero-order valence-electron chi connectivity index (χ0n) is 11.8. The minimum Gasteiger partial charge on any atom is -0.464 e. The highest BCUT2D eigenvalue weighted by Gasteiger charge is 2.38. The third kappa shape index (κ3) is 2.90. The average molecular weight is 338 g/mol. The van der Waals surface area contributed by atoms with Gasteiger partial charge in [-0.05, 0) is 19.1 Å². The number of Topliss-reactive ketones (excluding diaryl/α,β-unsaturated/α-hetero) is 1. The highest BCUT2D eigenvalue weighted by molar-refractivity contribution is 7.89. The number of hydrogen-bond donors (Lipinski definition) is 0. The maximum absolute atomic E-state index is 12.5. The minimum atomic E-state index is -3.59. The van der Waals surface area contributed by atoms with Gasteiger partial charge in [0.1, 0.15) is 6.10 Å². The molecule has 0 bridgehead atoms. The Bertz CT molecular complexity index is 781. The third-order valence-electron chi connectivity index (χ3n) is 3.37. The largest absolute Gasteiger partial charge is 0.464 e. The number of benzene rings is 1. The summed E-state index contributed by atoms with van der Waals surface area (Å²) in [5.41, 5.74) is 0.386. The van der Waals surface area contributed by atoms with E-state index in [9.17, 15) is 13.2 Å². The molecule has 1 saturated heterocycles. The molecule has 116 valence electrons. The van der Waals surface area contributed by atoms with E-state index in [-0.39, 0.29) is 29.9 Å². The van der Waals surface area contributed by atoms with Crippen molar-refractivity contribution in [3.05, 3.63) is 41.4 Å². The van der Waals surface area contributed by atoms with Crippen molar-refractivity contribution in [2.45, 2.75) is 17.9 Å². The lowest BCUT2D eigenvalue weighted by Gasteiger charge is -2.37. The molecule has 0 unspecified atom stereocenters. The van der Waals surface area contributed by atoms with Gasteiger partial charge in [-0.15, -0.1) is 0 Å². The fourth-order valence-electron chi connectivity index (χ4n) is 2.11. The van der Waals surface area contributed by atoms with Gasteiger partial charge in [0.25, 0.3) is 5.19 Å². The van der Waals surface area contributed by atoms with Crippen LogP contribution in [0.3, 0.4) is 0 Å². The molecule has 1 aliphatic rings. The van der Waals surface area contributed by atoms with Gasteiger partial charge in [-0.2, -0.15) is 4.31 Å². The zero-order chi connectivity index (χ0) is 15.7. The van der Waals surface area contributed by atoms with Crippen LogP contribution in [0.1, 0.15) is 17.3 Å². The monoisotopic (exact) mass is 338 g/mol. The van der Waals surface area contributed by atoms with Gasteiger partial charge in [-0.3, -0.25) is 4.79 Å². The van der Waals surface area contributed by atoms with Gasteiger partial charge in [-0.25, -0.2) is 13.4 Å². The van der Waals surface area contributed by atoms with Gasteiger partial charge in [0, 0.05) is 17.1 Å². The summed E-state index contributed by atoms with van der Waals surface area (Å²) >= 11 is 1.37. The highest BCUT2D eigenvalue weighted by atomic mass is 32.2. The summed E-state index contributed by atoms with van der Waals surface area (Å²) in [6, 6.07) is 6.09. The first-order valence-corrected chi connectivity index (χ1v) is 8.96. The van der Waals surface area contributed by atoms with E-state index >= 15 is 0 Å². The molecule has 2 aromatic rings. The van der Waals surface area contributed by atoms with Crippen molar-refractivity contribution in [3.8, 4) is 5.19 Å². The van der Waals surface area contributed by atoms with Crippen molar-refractivity contribution >= 4 is 27.1 Å². The van der Waals surface area contributed by atoms with Gasteiger partial charge in [0.2, 0.25) is 10.0 Å². The molecule has 1 aliphatic heterocycles. The van der Waals surface area contributed by atoms with Crippen LogP contribution in [0.5, 0.6) is 5.19 Å². The molecular weight excluding hydrogens is 324 g/mol. The quantitative estimate of drug-likeness (QED) is 0.777. The molecule has 0 aliphatic carbocycles. The van der Waals surface area contributed by atoms with Crippen molar-refractivity contribution < 1.29 is 17.9 Å². The van der Waals surface area contributed by atoms with Crippen LogP contribution >= 0.6 is 11.3 Å². The Labute approximate surface area is 132 Å². The van der Waals surface area contributed by atoms with Crippen LogP contribution in [-0.4, -0.2) is 42.7 Å². The number of rotatable bonds is 5. The summed E-state index contributed by atoms with van der Waals surface area (Å²) < 4.78 is 31.9. The van der Waals surface area contributed by atoms with Gasteiger partial charge in [0.05, 0.1) is 18.0 Å². The molecular formula is C14H14N2O4S2. The number of sulfonamides is 1. The topological polar surface area (TPSA) is 76.6 Å². The van der Waals surface area contributed by atoms with Crippen molar-refractivity contribution in [3.63, 3.8) is 0 Å². The van der Waals surface area contributed by atoms with Crippen LogP contribution in [0.15, 0.2) is 40.7 Å². The second kappa shape index (κ2) is 5.79. The molecule has 0 radical (unpaired) electrons. The van der Waals surface area contributed by atoms with E-state index in [1.165, 1.54) is 34.7 Å². The van der Waals surface area contributed by atoms with Gasteiger partial charge < -0.3 is 4.74 Å². The number of ether oxygens (including phenoxy) is 1. The Balaban J connectivity index is 1.70. The molecule has 22 heavy (non-hydrogen) atoms. The van der Waals surface area contributed by atoms with Crippen molar-refractivity contribution in [1.29, 1.82) is 0 Å². The predicted octanol–water partition coefficient (Wildman–Crippen LogP) is 1.80. The van der Waals surface area contributed by atoms with Gasteiger partial charge >= 0.3 is 0 Å². The summed E-state index contributed by atoms with van der Waals surface area (Å²) in [4.78, 5) is 15.5. The average Bonchev–Trinajstić information content (AvgIpc) is 2.95. The normalized spacial score (nSPS) is 16.2. The lowest BCUT2D eigenvalue weighted by atomic mass is 10.2. The fourth-order valence-corrected chi connectivity index (χ4v) is 4.21. The van der Waals surface area contributed by atoms with Crippen LogP contribution in [0, 0.1) is 0 Å². The first-order chi connectivity index (χ1) is 10.5. The summed E-state index contributed by atoms with van der Waals surface area (Å²) in [7, 11) is -3.59. The first kappa shape index (κ1) is 15.1. The Kier molecular flexibility index (Phi) is 3.98. The summed E-state index contributed by atoms with van der Waals surface area (Å²) in [5, 5.41) is 2.34. The molecule has 0 atom stereocenters. The molecule has 8 heteroatoms. The van der Waals surface area contributed by atoms with E-state index in [0.29, 0.717) is 10.8 Å². The SMILES string of the molecule is CC(=O)c1cccc(S(=O)(=O)N2CC(Oc3nccs3)C2)c1. The summed E-state index contributed by atoms with van der Waals surface area (Å²) in [6.45, 7) is 1.98. The number of ketones is 1. The lowest BCUT2D eigenvalue weighted by molar-refractivity contribution is 0.0759. The maximum atomic E-state index is 12.5. The van der Waals surface area contributed by atoms with Crippen molar-refractivity contribution in [2.75, 3.05) is 13.1 Å². The van der Waals surface area contributed by atoms with Crippen molar-refractivity contribution in [1.82, 2.24) is 9.29 Å². The molecule has 3 rings (SSSR count). The van der Waals surface area contributed by atoms with Crippen LogP contribution < -0.4 is 4.74 Å². The van der Waals surface area contributed by atoms with Crippen LogP contribution in [0.25, 0.3) is 0 Å². The van der Waals surface area contributed by atoms with E-state index in [1.807, 2.05) is 0 Å². The number of aromatic nitrogens is 1. The van der Waals surface area contributed by atoms with E-state index in [0.717, 1.165) is 0 Å². The van der Waals surface area contributed by atoms with Crippen LogP contribution in [0.2, 0.25) is 0 Å². The molecule has 1 fully saturated rings. The Morgan fingerprint density at radius 2 is 2.18 bits per heavy atom. The Morgan fingerprint density at radius 1 is 1.41 bits per heavy atom. The second-order valence-corrected chi connectivity index (χ2v) is 7.74. The molecule has 1 aromatic heterocycles. The third-order valence-corrected chi connectivity index (χ3v) is 5.86. The van der Waals surface area contributed by atoms with Gasteiger partial charge in [0.15, 0.2) is 5.78 Å².